The summed E-state index contributed by atoms with van der Waals surface area (Å²) < 4.78 is 0. The van der Waals surface area contributed by atoms with Crippen molar-refractivity contribution >= 4 is 11.9 Å². The van der Waals surface area contributed by atoms with Gasteiger partial charge < -0.3 is 30.4 Å². The fraction of sp³-hybridized carbons (Fsp3) is 0.600. The van der Waals surface area contributed by atoms with Crippen LogP contribution in [0.2, 0.25) is 0 Å². The molecule has 6 atom stereocenters. The van der Waals surface area contributed by atoms with Gasteiger partial charge >= 0.3 is 5.97 Å². The Hall–Kier alpha value is -2.78. The lowest BCUT2D eigenvalue weighted by Crippen LogP contribution is -2.68. The molecule has 4 bridgehead atoms. The van der Waals surface area contributed by atoms with Crippen molar-refractivity contribution in [1.29, 1.82) is 0 Å². The number of piperidine rings is 2. The topological polar surface area (TPSA) is 113 Å². The van der Waals surface area contributed by atoms with Crippen molar-refractivity contribution in [1.82, 2.24) is 15.1 Å². The molecule has 2 aromatic carbocycles. The summed E-state index contributed by atoms with van der Waals surface area (Å²) in [6.45, 7) is 2.00. The number of hydrogen-bond acceptors (Lipinski definition) is 6. The summed E-state index contributed by atoms with van der Waals surface area (Å²) in [5, 5.41) is 35.0. The quantitative estimate of drug-likeness (QED) is 0.427. The molecule has 0 radical (unpaired) electrons. The number of aliphatic hydroxyl groups is 2. The van der Waals surface area contributed by atoms with E-state index in [0.717, 1.165) is 82.9 Å². The SMILES string of the molecule is CN1CCC23CCCC2(O)C1Cc1ccc(C(=O)O)cc13.CNC(=O)c1ccc2c(c1)C13CCCC1(O)C(C2)N(C)CC3. The molecule has 6 unspecified atom stereocenters. The number of carbonyl (C=O) groups excluding carboxylic acids is 1. The van der Waals surface area contributed by atoms with Crippen LogP contribution in [0.4, 0.5) is 0 Å². The predicted octanol–water partition coefficient (Wildman–Crippen LogP) is 3.26. The van der Waals surface area contributed by atoms with Gasteiger partial charge in [0.25, 0.3) is 5.91 Å². The fourth-order valence-corrected chi connectivity index (χ4v) is 10.5. The average molecular weight is 588 g/mol. The molecule has 2 aromatic rings. The van der Waals surface area contributed by atoms with E-state index in [-0.39, 0.29) is 28.8 Å². The summed E-state index contributed by atoms with van der Waals surface area (Å²) >= 11 is 0. The molecule has 8 nitrogen and oxygen atoms in total. The Morgan fingerprint density at radius 3 is 1.67 bits per heavy atom. The first-order valence-corrected chi connectivity index (χ1v) is 16.1. The van der Waals surface area contributed by atoms with Gasteiger partial charge in [-0.05, 0) is 138 Å². The van der Waals surface area contributed by atoms with E-state index >= 15 is 0 Å². The third-order valence-corrected chi connectivity index (χ3v) is 12.7. The third-order valence-electron chi connectivity index (χ3n) is 12.7. The average Bonchev–Trinajstić information content (AvgIpc) is 3.55. The number of nitrogens with zero attached hydrogens (tertiary/aromatic N) is 2. The Labute approximate surface area is 254 Å². The lowest BCUT2D eigenvalue weighted by molar-refractivity contribution is -0.123. The second kappa shape index (κ2) is 9.86. The molecule has 4 fully saturated rings. The van der Waals surface area contributed by atoms with Crippen molar-refractivity contribution in [3.05, 3.63) is 69.8 Å². The zero-order valence-corrected chi connectivity index (χ0v) is 25.7. The number of fused-ring (bicyclic) bond motifs is 2. The van der Waals surface area contributed by atoms with E-state index in [1.165, 1.54) is 16.7 Å². The second-order valence-corrected chi connectivity index (χ2v) is 14.2. The second-order valence-electron chi connectivity index (χ2n) is 14.2. The van der Waals surface area contributed by atoms with Crippen LogP contribution in [0.15, 0.2) is 36.4 Å². The number of benzene rings is 2. The van der Waals surface area contributed by atoms with E-state index in [9.17, 15) is 24.9 Å². The van der Waals surface area contributed by atoms with E-state index in [1.54, 1.807) is 13.1 Å². The maximum absolute atomic E-state index is 12.0. The summed E-state index contributed by atoms with van der Waals surface area (Å²) in [5.41, 5.74) is 4.23. The first-order valence-electron chi connectivity index (χ1n) is 16.1. The molecule has 2 heterocycles. The van der Waals surface area contributed by atoms with Gasteiger partial charge in [0.15, 0.2) is 0 Å². The first kappa shape index (κ1) is 29.0. The van der Waals surface area contributed by atoms with Gasteiger partial charge in [0, 0.05) is 35.5 Å². The van der Waals surface area contributed by atoms with Gasteiger partial charge in [-0.15, -0.1) is 0 Å². The van der Waals surface area contributed by atoms with Crippen LogP contribution in [0.5, 0.6) is 0 Å². The Balaban J connectivity index is 0.000000140. The van der Waals surface area contributed by atoms with Gasteiger partial charge in [0.2, 0.25) is 0 Å². The molecule has 2 aliphatic heterocycles. The van der Waals surface area contributed by atoms with E-state index in [2.05, 4.69) is 35.3 Å². The van der Waals surface area contributed by atoms with E-state index < -0.39 is 17.2 Å². The van der Waals surface area contributed by atoms with E-state index in [0.29, 0.717) is 11.1 Å². The molecule has 1 amide bonds. The Morgan fingerprint density at radius 2 is 1.21 bits per heavy atom. The van der Waals surface area contributed by atoms with Crippen molar-refractivity contribution < 1.29 is 24.9 Å². The highest BCUT2D eigenvalue weighted by Crippen LogP contribution is 2.60. The number of carboxylic acids is 1. The van der Waals surface area contributed by atoms with Crippen LogP contribution in [0.3, 0.4) is 0 Å². The Morgan fingerprint density at radius 1 is 0.744 bits per heavy atom. The van der Waals surface area contributed by atoms with Crippen LogP contribution in [-0.4, -0.2) is 94.5 Å². The number of hydrogen-bond donors (Lipinski definition) is 4. The van der Waals surface area contributed by atoms with Crippen LogP contribution in [0.25, 0.3) is 0 Å². The molecular formula is C35H45N3O5. The number of carboxylic acid groups (broad SMARTS) is 1. The minimum absolute atomic E-state index is 0.0456. The van der Waals surface area contributed by atoms with Gasteiger partial charge in [-0.1, -0.05) is 12.1 Å². The molecule has 2 saturated heterocycles. The monoisotopic (exact) mass is 587 g/mol. The summed E-state index contributed by atoms with van der Waals surface area (Å²) in [4.78, 5) is 27.9. The van der Waals surface area contributed by atoms with Crippen LogP contribution in [-0.2, 0) is 23.7 Å². The number of aromatic carboxylic acids is 1. The van der Waals surface area contributed by atoms with E-state index in [1.807, 2.05) is 24.3 Å². The van der Waals surface area contributed by atoms with Crippen molar-refractivity contribution in [3.63, 3.8) is 0 Å². The molecule has 8 heteroatoms. The summed E-state index contributed by atoms with van der Waals surface area (Å²) in [5.74, 6) is -0.929. The third kappa shape index (κ3) is 3.82. The fourth-order valence-electron chi connectivity index (χ4n) is 10.5. The molecule has 2 saturated carbocycles. The van der Waals surface area contributed by atoms with Gasteiger partial charge in [-0.3, -0.25) is 4.79 Å². The molecule has 4 N–H and O–H groups in total. The number of rotatable bonds is 2. The van der Waals surface area contributed by atoms with Crippen LogP contribution in [0.1, 0.15) is 94.3 Å². The molecule has 0 aromatic heterocycles. The standard InChI is InChI=1S/C18H24N2O2.C17H21NO3/c1-19-16(21)13-5-4-12-11-15-18(22)7-3-6-17(18,14(12)10-13)8-9-20(15)2;1-18-8-7-16-5-2-6-17(16,21)14(18)10-11-3-4-12(15(19)20)9-13(11)16/h4-5,10,15,22H,3,6-9,11H2,1-2H3,(H,19,21);3-4,9,14,21H,2,5-8,10H2,1H3,(H,19,20). The number of carbonyl (C=O) groups is 2. The van der Waals surface area contributed by atoms with Crippen LogP contribution >= 0.6 is 0 Å². The Bertz CT molecular complexity index is 1490. The van der Waals surface area contributed by atoms with Gasteiger partial charge in [-0.2, -0.15) is 0 Å². The maximum Gasteiger partial charge on any atom is 0.335 e. The summed E-state index contributed by atoms with van der Waals surface area (Å²) in [7, 11) is 5.90. The largest absolute Gasteiger partial charge is 0.478 e. The minimum Gasteiger partial charge on any atom is -0.478 e. The molecule has 43 heavy (non-hydrogen) atoms. The van der Waals surface area contributed by atoms with Gasteiger partial charge in [-0.25, -0.2) is 4.79 Å². The zero-order chi connectivity index (χ0) is 30.4. The number of likely N-dealkylation sites (tertiary alicyclic amines) is 2. The molecule has 6 aliphatic rings. The summed E-state index contributed by atoms with van der Waals surface area (Å²) in [6, 6.07) is 11.9. The van der Waals surface area contributed by atoms with Crippen molar-refractivity contribution in [2.24, 2.45) is 0 Å². The highest BCUT2D eigenvalue weighted by molar-refractivity contribution is 5.94. The maximum atomic E-state index is 12.0. The lowest BCUT2D eigenvalue weighted by atomic mass is 9.56. The van der Waals surface area contributed by atoms with Crippen molar-refractivity contribution in [2.75, 3.05) is 34.2 Å². The predicted molar refractivity (Wildman–Crippen MR) is 164 cm³/mol. The number of nitrogens with one attached hydrogen (secondary N) is 1. The lowest BCUT2D eigenvalue weighted by Gasteiger charge is -2.58. The summed E-state index contributed by atoms with van der Waals surface area (Å²) in [6.07, 6.45) is 9.45. The highest BCUT2D eigenvalue weighted by Gasteiger charge is 2.65. The molecule has 8 rings (SSSR count). The first-order chi connectivity index (χ1) is 20.5. The normalized spacial score (nSPS) is 37.2. The molecule has 230 valence electrons. The molecule has 4 aliphatic carbocycles. The molecular weight excluding hydrogens is 542 g/mol. The van der Waals surface area contributed by atoms with Gasteiger partial charge in [0.05, 0.1) is 16.8 Å². The number of amides is 1. The minimum atomic E-state index is -0.884. The number of likely N-dealkylation sites (N-methyl/N-ethyl adjacent to an activating group) is 2. The molecule has 0 spiro atoms. The van der Waals surface area contributed by atoms with Crippen molar-refractivity contribution in [3.8, 4) is 0 Å². The highest BCUT2D eigenvalue weighted by atomic mass is 16.4. The van der Waals surface area contributed by atoms with Crippen molar-refractivity contribution in [2.45, 2.75) is 98.3 Å². The van der Waals surface area contributed by atoms with Crippen LogP contribution in [0, 0.1) is 0 Å². The Kier molecular flexibility index (Phi) is 6.64. The smallest absolute Gasteiger partial charge is 0.335 e. The zero-order valence-electron chi connectivity index (χ0n) is 25.7. The van der Waals surface area contributed by atoms with Crippen LogP contribution < -0.4 is 5.32 Å². The van der Waals surface area contributed by atoms with Gasteiger partial charge in [0.1, 0.15) is 0 Å². The van der Waals surface area contributed by atoms with E-state index in [4.69, 9.17) is 0 Å².